The molecule has 3 aliphatic carbocycles. The maximum absolute atomic E-state index is 2.55. The Labute approximate surface area is 88.8 Å². The van der Waals surface area contributed by atoms with Gasteiger partial charge in [0.15, 0.2) is 0 Å². The fraction of sp³-hybridized carbons (Fsp3) is 0.857. The predicted molar refractivity (Wildman–Crippen MR) is 62.3 cm³/mol. The highest BCUT2D eigenvalue weighted by Crippen LogP contribution is 2.33. The summed E-state index contributed by atoms with van der Waals surface area (Å²) in [5.74, 6) is 2.03. The Bertz CT molecular complexity index is 192. The Hall–Kier alpha value is -0.260. The zero-order valence-corrected chi connectivity index (χ0v) is 9.60. The standard InChI is InChI=1S/C14H24/c1-12-4-2-6-13-8-10-14(11-9-13)7-3-5-12/h6,12,14H,2-5,7-11H2,1H3. The van der Waals surface area contributed by atoms with Crippen LogP contribution in [0.4, 0.5) is 0 Å². The largest absolute Gasteiger partial charge is 0.0853 e. The van der Waals surface area contributed by atoms with Crippen LogP contribution in [0, 0.1) is 11.8 Å². The maximum atomic E-state index is 2.55. The van der Waals surface area contributed by atoms with E-state index in [0.717, 1.165) is 11.8 Å². The SMILES string of the molecule is CC1CCC=C2CCC(CCC1)CC2. The monoisotopic (exact) mass is 192 g/mol. The summed E-state index contributed by atoms with van der Waals surface area (Å²) in [6.07, 6.45) is 15.6. The summed E-state index contributed by atoms with van der Waals surface area (Å²) in [6, 6.07) is 0. The molecule has 1 unspecified atom stereocenters. The van der Waals surface area contributed by atoms with Crippen LogP contribution in [-0.2, 0) is 0 Å². The lowest BCUT2D eigenvalue weighted by Gasteiger charge is -2.23. The summed E-state index contributed by atoms with van der Waals surface area (Å²) in [6.45, 7) is 2.43. The number of hydrogen-bond acceptors (Lipinski definition) is 0. The minimum Gasteiger partial charge on any atom is -0.0853 e. The van der Waals surface area contributed by atoms with Crippen LogP contribution in [0.1, 0.15) is 64.7 Å². The fourth-order valence-corrected chi connectivity index (χ4v) is 3.01. The molecule has 1 saturated carbocycles. The van der Waals surface area contributed by atoms with E-state index >= 15 is 0 Å². The lowest BCUT2D eigenvalue weighted by atomic mass is 9.83. The van der Waals surface area contributed by atoms with Crippen LogP contribution in [0.25, 0.3) is 0 Å². The fourth-order valence-electron chi connectivity index (χ4n) is 3.01. The molecule has 0 radical (unpaired) electrons. The van der Waals surface area contributed by atoms with E-state index < -0.39 is 0 Å². The molecule has 0 aromatic rings. The minimum atomic E-state index is 0.962. The molecule has 0 heterocycles. The van der Waals surface area contributed by atoms with Crippen molar-refractivity contribution in [3.05, 3.63) is 11.6 Å². The maximum Gasteiger partial charge on any atom is -0.0318 e. The quantitative estimate of drug-likeness (QED) is 0.488. The van der Waals surface area contributed by atoms with Crippen molar-refractivity contribution < 1.29 is 0 Å². The highest BCUT2D eigenvalue weighted by atomic mass is 14.2. The summed E-state index contributed by atoms with van der Waals surface area (Å²) in [5.41, 5.74) is 1.77. The van der Waals surface area contributed by atoms with Gasteiger partial charge in [-0.2, -0.15) is 0 Å². The van der Waals surface area contributed by atoms with Gasteiger partial charge in [-0.05, 0) is 50.4 Å². The zero-order chi connectivity index (χ0) is 9.80. The average molecular weight is 192 g/mol. The van der Waals surface area contributed by atoms with Crippen LogP contribution in [-0.4, -0.2) is 0 Å². The molecular weight excluding hydrogens is 168 g/mol. The number of rotatable bonds is 0. The molecule has 3 aliphatic rings. The van der Waals surface area contributed by atoms with Gasteiger partial charge in [-0.15, -0.1) is 0 Å². The van der Waals surface area contributed by atoms with Crippen molar-refractivity contribution in [1.82, 2.24) is 0 Å². The van der Waals surface area contributed by atoms with Crippen molar-refractivity contribution >= 4 is 0 Å². The van der Waals surface area contributed by atoms with E-state index in [9.17, 15) is 0 Å². The molecule has 0 aliphatic heterocycles. The Morgan fingerprint density at radius 2 is 1.79 bits per heavy atom. The second-order valence-corrected chi connectivity index (χ2v) is 5.42. The lowest BCUT2D eigenvalue weighted by molar-refractivity contribution is 0.357. The van der Waals surface area contributed by atoms with E-state index in [1.807, 2.05) is 0 Å². The van der Waals surface area contributed by atoms with Crippen molar-refractivity contribution in [1.29, 1.82) is 0 Å². The third-order valence-electron chi connectivity index (χ3n) is 4.15. The molecule has 0 N–H and O–H groups in total. The van der Waals surface area contributed by atoms with Crippen molar-refractivity contribution in [2.45, 2.75) is 64.7 Å². The summed E-state index contributed by atoms with van der Waals surface area (Å²) < 4.78 is 0. The van der Waals surface area contributed by atoms with Gasteiger partial charge in [0.1, 0.15) is 0 Å². The average Bonchev–Trinajstić information content (AvgIpc) is 2.25. The molecule has 0 heteroatoms. The lowest BCUT2D eigenvalue weighted by Crippen LogP contribution is -2.07. The number of fused-ring (bicyclic) bond motifs is 8. The Kier molecular flexibility index (Phi) is 3.67. The third kappa shape index (κ3) is 2.87. The van der Waals surface area contributed by atoms with Crippen molar-refractivity contribution in [3.63, 3.8) is 0 Å². The van der Waals surface area contributed by atoms with Gasteiger partial charge in [0.05, 0.1) is 0 Å². The molecule has 3 rings (SSSR count). The number of hydrogen-bond donors (Lipinski definition) is 0. The first-order chi connectivity index (χ1) is 6.84. The van der Waals surface area contributed by atoms with E-state index in [2.05, 4.69) is 13.0 Å². The normalized spacial score (nSPS) is 34.8. The van der Waals surface area contributed by atoms with Crippen molar-refractivity contribution in [2.75, 3.05) is 0 Å². The second-order valence-electron chi connectivity index (χ2n) is 5.42. The molecule has 2 bridgehead atoms. The summed E-state index contributed by atoms with van der Waals surface area (Å²) in [5, 5.41) is 0. The van der Waals surface area contributed by atoms with E-state index in [-0.39, 0.29) is 0 Å². The molecule has 0 nitrogen and oxygen atoms in total. The van der Waals surface area contributed by atoms with Gasteiger partial charge in [0.2, 0.25) is 0 Å². The van der Waals surface area contributed by atoms with Crippen LogP contribution in [0.2, 0.25) is 0 Å². The van der Waals surface area contributed by atoms with Crippen LogP contribution in [0.15, 0.2) is 11.6 Å². The van der Waals surface area contributed by atoms with E-state index in [1.54, 1.807) is 5.57 Å². The van der Waals surface area contributed by atoms with Gasteiger partial charge in [-0.25, -0.2) is 0 Å². The summed E-state index contributed by atoms with van der Waals surface area (Å²) in [7, 11) is 0. The van der Waals surface area contributed by atoms with E-state index in [4.69, 9.17) is 0 Å². The smallest absolute Gasteiger partial charge is 0.0318 e. The first-order valence-electron chi connectivity index (χ1n) is 6.52. The van der Waals surface area contributed by atoms with E-state index in [0.29, 0.717) is 0 Å². The zero-order valence-electron chi connectivity index (χ0n) is 9.60. The van der Waals surface area contributed by atoms with Gasteiger partial charge < -0.3 is 0 Å². The molecular formula is C14H24. The Balaban J connectivity index is 1.95. The molecule has 0 aromatic heterocycles. The molecule has 0 aromatic carbocycles. The van der Waals surface area contributed by atoms with E-state index in [1.165, 1.54) is 57.8 Å². The first kappa shape index (κ1) is 10.3. The third-order valence-corrected chi connectivity index (χ3v) is 4.15. The van der Waals surface area contributed by atoms with Crippen LogP contribution in [0.5, 0.6) is 0 Å². The number of allylic oxidation sites excluding steroid dienone is 2. The van der Waals surface area contributed by atoms with Gasteiger partial charge in [0, 0.05) is 0 Å². The molecule has 1 fully saturated rings. The highest BCUT2D eigenvalue weighted by molar-refractivity contribution is 5.05. The minimum absolute atomic E-state index is 0.962. The summed E-state index contributed by atoms with van der Waals surface area (Å²) >= 11 is 0. The van der Waals surface area contributed by atoms with Gasteiger partial charge in [-0.3, -0.25) is 0 Å². The molecule has 0 saturated heterocycles. The van der Waals surface area contributed by atoms with Crippen LogP contribution in [0.3, 0.4) is 0 Å². The predicted octanol–water partition coefficient (Wildman–Crippen LogP) is 4.70. The summed E-state index contributed by atoms with van der Waals surface area (Å²) in [4.78, 5) is 0. The molecule has 0 amide bonds. The highest BCUT2D eigenvalue weighted by Gasteiger charge is 2.17. The van der Waals surface area contributed by atoms with Crippen LogP contribution >= 0.6 is 0 Å². The molecule has 0 spiro atoms. The topological polar surface area (TPSA) is 0 Å². The molecule has 14 heavy (non-hydrogen) atoms. The molecule has 80 valence electrons. The van der Waals surface area contributed by atoms with Crippen molar-refractivity contribution in [3.8, 4) is 0 Å². The second kappa shape index (κ2) is 5.00. The van der Waals surface area contributed by atoms with Crippen molar-refractivity contribution in [2.24, 2.45) is 11.8 Å². The Morgan fingerprint density at radius 3 is 2.57 bits per heavy atom. The van der Waals surface area contributed by atoms with Crippen LogP contribution < -0.4 is 0 Å². The first-order valence-corrected chi connectivity index (χ1v) is 6.52. The Morgan fingerprint density at radius 1 is 1.00 bits per heavy atom. The molecule has 1 atom stereocenters. The van der Waals surface area contributed by atoms with Gasteiger partial charge in [0.25, 0.3) is 0 Å². The van der Waals surface area contributed by atoms with Gasteiger partial charge >= 0.3 is 0 Å². The van der Waals surface area contributed by atoms with Gasteiger partial charge in [-0.1, -0.05) is 37.8 Å².